The van der Waals surface area contributed by atoms with Crippen LogP contribution in [0.1, 0.15) is 18.4 Å². The van der Waals surface area contributed by atoms with Gasteiger partial charge in [-0.25, -0.2) is 4.79 Å². The quantitative estimate of drug-likeness (QED) is 0.870. The predicted octanol–water partition coefficient (Wildman–Crippen LogP) is 4.33. The summed E-state index contributed by atoms with van der Waals surface area (Å²) in [5, 5.41) is 2.98. The summed E-state index contributed by atoms with van der Waals surface area (Å²) in [5.74, 6) is 2.22. The van der Waals surface area contributed by atoms with E-state index < -0.39 is 0 Å². The number of anilines is 1. The molecule has 0 atom stereocenters. The van der Waals surface area contributed by atoms with Gasteiger partial charge >= 0.3 is 6.03 Å². The first-order valence-corrected chi connectivity index (χ1v) is 9.04. The Hall–Kier alpha value is -2.69. The van der Waals surface area contributed by atoms with Gasteiger partial charge in [0, 0.05) is 18.8 Å². The summed E-state index contributed by atoms with van der Waals surface area (Å²) in [4.78, 5) is 14.3. The third-order valence-corrected chi connectivity index (χ3v) is 4.78. The molecule has 1 heterocycles. The zero-order valence-electron chi connectivity index (χ0n) is 15.4. The fourth-order valence-corrected chi connectivity index (χ4v) is 3.19. The predicted molar refractivity (Wildman–Crippen MR) is 103 cm³/mol. The maximum atomic E-state index is 12.5. The van der Waals surface area contributed by atoms with Crippen molar-refractivity contribution >= 4 is 11.7 Å². The van der Waals surface area contributed by atoms with Gasteiger partial charge in [-0.3, -0.25) is 0 Å². The molecule has 0 bridgehead atoms. The van der Waals surface area contributed by atoms with E-state index in [9.17, 15) is 4.79 Å². The molecule has 1 fully saturated rings. The van der Waals surface area contributed by atoms with E-state index in [-0.39, 0.29) is 6.03 Å². The van der Waals surface area contributed by atoms with Crippen molar-refractivity contribution in [1.82, 2.24) is 4.90 Å². The van der Waals surface area contributed by atoms with Crippen LogP contribution in [0.15, 0.2) is 48.5 Å². The van der Waals surface area contributed by atoms with Gasteiger partial charge in [-0.15, -0.1) is 0 Å². The number of nitrogens with one attached hydrogen (secondary N) is 1. The SMILES string of the molecule is COc1ccc(NC(=O)N2CCC(COc3ccccc3)CC2)cc1C. The highest BCUT2D eigenvalue weighted by Crippen LogP contribution is 2.23. The van der Waals surface area contributed by atoms with Crippen LogP contribution in [-0.4, -0.2) is 37.7 Å². The molecule has 5 nitrogen and oxygen atoms in total. The molecule has 1 aliphatic rings. The number of nitrogens with zero attached hydrogens (tertiary/aromatic N) is 1. The van der Waals surface area contributed by atoms with Gasteiger partial charge in [0.1, 0.15) is 11.5 Å². The number of ether oxygens (including phenoxy) is 2. The lowest BCUT2D eigenvalue weighted by molar-refractivity contribution is 0.152. The Bertz CT molecular complexity index is 725. The molecule has 0 radical (unpaired) electrons. The summed E-state index contributed by atoms with van der Waals surface area (Å²) in [6.07, 6.45) is 1.92. The van der Waals surface area contributed by atoms with Gasteiger partial charge in [0.15, 0.2) is 0 Å². The number of rotatable bonds is 5. The Morgan fingerprint density at radius 2 is 1.88 bits per heavy atom. The number of likely N-dealkylation sites (tertiary alicyclic amines) is 1. The fraction of sp³-hybridized carbons (Fsp3) is 0.381. The number of carbonyl (C=O) groups excluding carboxylic acids is 1. The normalized spacial score (nSPS) is 14.8. The molecule has 26 heavy (non-hydrogen) atoms. The number of methoxy groups -OCH3 is 1. The van der Waals surface area contributed by atoms with Crippen molar-refractivity contribution in [2.45, 2.75) is 19.8 Å². The number of piperidine rings is 1. The Kier molecular flexibility index (Phi) is 6.00. The minimum absolute atomic E-state index is 0.0444. The zero-order chi connectivity index (χ0) is 18.4. The van der Waals surface area contributed by atoms with Crippen molar-refractivity contribution < 1.29 is 14.3 Å². The lowest BCUT2D eigenvalue weighted by Gasteiger charge is -2.32. The molecule has 138 valence electrons. The van der Waals surface area contributed by atoms with Crippen molar-refractivity contribution in [3.05, 3.63) is 54.1 Å². The third kappa shape index (κ3) is 4.69. The van der Waals surface area contributed by atoms with Crippen LogP contribution in [0.4, 0.5) is 10.5 Å². The van der Waals surface area contributed by atoms with Crippen molar-refractivity contribution in [2.24, 2.45) is 5.92 Å². The molecule has 0 spiro atoms. The fourth-order valence-electron chi connectivity index (χ4n) is 3.19. The number of hydrogen-bond acceptors (Lipinski definition) is 3. The summed E-state index contributed by atoms with van der Waals surface area (Å²) in [6.45, 7) is 4.18. The molecule has 2 aromatic rings. The lowest BCUT2D eigenvalue weighted by atomic mass is 9.98. The molecular formula is C21H26N2O3. The first-order chi connectivity index (χ1) is 12.7. The molecule has 0 saturated carbocycles. The van der Waals surface area contributed by atoms with E-state index in [1.54, 1.807) is 7.11 Å². The summed E-state index contributed by atoms with van der Waals surface area (Å²) >= 11 is 0. The second-order valence-electron chi connectivity index (χ2n) is 6.67. The van der Waals surface area contributed by atoms with Gasteiger partial charge in [0.05, 0.1) is 13.7 Å². The van der Waals surface area contributed by atoms with E-state index in [1.165, 1.54) is 0 Å². The average molecular weight is 354 g/mol. The Morgan fingerprint density at radius 3 is 2.54 bits per heavy atom. The number of benzene rings is 2. The van der Waals surface area contributed by atoms with Crippen LogP contribution in [0, 0.1) is 12.8 Å². The Morgan fingerprint density at radius 1 is 1.15 bits per heavy atom. The van der Waals surface area contributed by atoms with Crippen LogP contribution in [-0.2, 0) is 0 Å². The summed E-state index contributed by atoms with van der Waals surface area (Å²) in [7, 11) is 1.65. The highest BCUT2D eigenvalue weighted by molar-refractivity contribution is 5.89. The molecule has 0 unspecified atom stereocenters. The van der Waals surface area contributed by atoms with E-state index in [1.807, 2.05) is 60.4 Å². The first-order valence-electron chi connectivity index (χ1n) is 9.04. The van der Waals surface area contributed by atoms with Crippen molar-refractivity contribution in [3.63, 3.8) is 0 Å². The standard InChI is InChI=1S/C21H26N2O3/c1-16-14-18(8-9-20(16)25-2)22-21(24)23-12-10-17(11-13-23)15-26-19-6-4-3-5-7-19/h3-9,14,17H,10-13,15H2,1-2H3,(H,22,24). The summed E-state index contributed by atoms with van der Waals surface area (Å²) in [6, 6.07) is 15.5. The van der Waals surface area contributed by atoms with E-state index in [4.69, 9.17) is 9.47 Å². The summed E-state index contributed by atoms with van der Waals surface area (Å²) in [5.41, 5.74) is 1.80. The molecule has 5 heteroatoms. The van der Waals surface area contributed by atoms with Crippen LogP contribution in [0.25, 0.3) is 0 Å². The molecule has 2 amide bonds. The van der Waals surface area contributed by atoms with Gasteiger partial charge < -0.3 is 19.7 Å². The van der Waals surface area contributed by atoms with Gasteiger partial charge in [0.25, 0.3) is 0 Å². The van der Waals surface area contributed by atoms with Crippen molar-refractivity contribution in [2.75, 3.05) is 32.1 Å². The van der Waals surface area contributed by atoms with E-state index in [0.29, 0.717) is 12.5 Å². The number of amides is 2. The van der Waals surface area contributed by atoms with Crippen molar-refractivity contribution in [3.8, 4) is 11.5 Å². The second-order valence-corrected chi connectivity index (χ2v) is 6.67. The molecule has 3 rings (SSSR count). The summed E-state index contributed by atoms with van der Waals surface area (Å²) < 4.78 is 11.1. The monoisotopic (exact) mass is 354 g/mol. The minimum atomic E-state index is -0.0444. The maximum Gasteiger partial charge on any atom is 0.321 e. The number of carbonyl (C=O) groups is 1. The number of aryl methyl sites for hydroxylation is 1. The molecule has 0 aromatic heterocycles. The molecule has 1 aliphatic heterocycles. The smallest absolute Gasteiger partial charge is 0.321 e. The van der Waals surface area contributed by atoms with Crippen LogP contribution >= 0.6 is 0 Å². The van der Waals surface area contributed by atoms with Crippen molar-refractivity contribution in [1.29, 1.82) is 0 Å². The second kappa shape index (κ2) is 8.61. The van der Waals surface area contributed by atoms with Gasteiger partial charge in [0.2, 0.25) is 0 Å². The lowest BCUT2D eigenvalue weighted by Crippen LogP contribution is -2.42. The molecule has 0 aliphatic carbocycles. The third-order valence-electron chi connectivity index (χ3n) is 4.78. The highest BCUT2D eigenvalue weighted by atomic mass is 16.5. The van der Waals surface area contributed by atoms with Crippen LogP contribution in [0.3, 0.4) is 0 Å². The number of urea groups is 1. The van der Waals surface area contributed by atoms with Crippen LogP contribution in [0.5, 0.6) is 11.5 Å². The van der Waals surface area contributed by atoms with E-state index >= 15 is 0 Å². The average Bonchev–Trinajstić information content (AvgIpc) is 2.68. The molecule has 2 aromatic carbocycles. The number of hydrogen-bond donors (Lipinski definition) is 1. The molecule has 1 N–H and O–H groups in total. The maximum absolute atomic E-state index is 12.5. The van der Waals surface area contributed by atoms with Gasteiger partial charge in [-0.05, 0) is 61.6 Å². The topological polar surface area (TPSA) is 50.8 Å². The van der Waals surface area contributed by atoms with Gasteiger partial charge in [-0.1, -0.05) is 18.2 Å². The molecule has 1 saturated heterocycles. The highest BCUT2D eigenvalue weighted by Gasteiger charge is 2.23. The minimum Gasteiger partial charge on any atom is -0.496 e. The largest absolute Gasteiger partial charge is 0.496 e. The van der Waals surface area contributed by atoms with Crippen LogP contribution in [0.2, 0.25) is 0 Å². The van der Waals surface area contributed by atoms with Gasteiger partial charge in [-0.2, -0.15) is 0 Å². The zero-order valence-corrected chi connectivity index (χ0v) is 15.4. The van der Waals surface area contributed by atoms with E-state index in [0.717, 1.165) is 48.7 Å². The Balaban J connectivity index is 1.45. The first kappa shape index (κ1) is 18.1. The number of para-hydroxylation sites is 1. The Labute approximate surface area is 154 Å². The van der Waals surface area contributed by atoms with E-state index in [2.05, 4.69) is 5.32 Å². The van der Waals surface area contributed by atoms with Crippen LogP contribution < -0.4 is 14.8 Å². The molecular weight excluding hydrogens is 328 g/mol.